The summed E-state index contributed by atoms with van der Waals surface area (Å²) >= 11 is 0. The van der Waals surface area contributed by atoms with Crippen molar-refractivity contribution in [3.63, 3.8) is 0 Å². The van der Waals surface area contributed by atoms with E-state index in [0.29, 0.717) is 41.0 Å². The Hall–Kier alpha value is -3.59. The third-order valence-electron chi connectivity index (χ3n) is 5.91. The molecule has 1 amide bonds. The number of nitrogens with zero attached hydrogens (tertiary/aromatic N) is 4. The molecular weight excluding hydrogens is 438 g/mol. The first kappa shape index (κ1) is 21.3. The van der Waals surface area contributed by atoms with Crippen molar-refractivity contribution in [2.45, 2.75) is 25.9 Å². The number of aromatic nitrogens is 4. The summed E-state index contributed by atoms with van der Waals surface area (Å²) in [6.45, 7) is 2.19. The van der Waals surface area contributed by atoms with Crippen LogP contribution >= 0.6 is 0 Å². The Labute approximate surface area is 191 Å². The predicted molar refractivity (Wildman–Crippen MR) is 125 cm³/mol. The molecule has 0 unspecified atom stereocenters. The van der Waals surface area contributed by atoms with Gasteiger partial charge in [0.2, 0.25) is 0 Å². The summed E-state index contributed by atoms with van der Waals surface area (Å²) in [5.41, 5.74) is 4.10. The molecule has 0 saturated carbocycles. The molecule has 9 heteroatoms. The van der Waals surface area contributed by atoms with Gasteiger partial charge < -0.3 is 5.32 Å². The van der Waals surface area contributed by atoms with Crippen LogP contribution in [0.2, 0.25) is 0 Å². The van der Waals surface area contributed by atoms with Crippen molar-refractivity contribution in [1.29, 1.82) is 0 Å². The number of pyridine rings is 2. The van der Waals surface area contributed by atoms with Crippen molar-refractivity contribution in [1.82, 2.24) is 25.1 Å². The summed E-state index contributed by atoms with van der Waals surface area (Å²) in [7, 11) is -3.10. The van der Waals surface area contributed by atoms with Crippen molar-refractivity contribution >= 4 is 26.8 Å². The fourth-order valence-electron chi connectivity index (χ4n) is 4.25. The summed E-state index contributed by atoms with van der Waals surface area (Å²) in [5, 5.41) is 8.26. The quantitative estimate of drug-likeness (QED) is 0.489. The fraction of sp³-hybridized carbons (Fsp3) is 0.250. The van der Waals surface area contributed by atoms with Gasteiger partial charge in [0.15, 0.2) is 15.5 Å². The zero-order chi connectivity index (χ0) is 23.0. The molecule has 1 fully saturated rings. The molecule has 8 nitrogen and oxygen atoms in total. The van der Waals surface area contributed by atoms with E-state index >= 15 is 0 Å². The largest absolute Gasteiger partial charge is 0.348 e. The Morgan fingerprint density at radius 1 is 1.15 bits per heavy atom. The molecule has 1 aliphatic rings. The number of benzene rings is 1. The molecule has 4 aromatic rings. The normalized spacial score (nSPS) is 17.3. The van der Waals surface area contributed by atoms with Gasteiger partial charge in [-0.05, 0) is 37.1 Å². The number of carbonyl (C=O) groups excluding carboxylic acids is 1. The lowest BCUT2D eigenvalue weighted by Crippen LogP contribution is -2.23. The van der Waals surface area contributed by atoms with Crippen LogP contribution in [0.3, 0.4) is 0 Å². The highest BCUT2D eigenvalue weighted by Crippen LogP contribution is 2.32. The molecule has 0 bridgehead atoms. The predicted octanol–water partition coefficient (Wildman–Crippen LogP) is 3.09. The Kier molecular flexibility index (Phi) is 5.41. The van der Waals surface area contributed by atoms with Gasteiger partial charge >= 0.3 is 0 Å². The van der Waals surface area contributed by atoms with Crippen LogP contribution in [0, 0.1) is 6.92 Å². The second-order valence-electron chi connectivity index (χ2n) is 8.24. The molecule has 1 saturated heterocycles. The molecule has 5 rings (SSSR count). The Morgan fingerprint density at radius 2 is 1.91 bits per heavy atom. The third-order valence-corrected chi connectivity index (χ3v) is 7.66. The first-order valence-electron chi connectivity index (χ1n) is 10.7. The van der Waals surface area contributed by atoms with E-state index in [2.05, 4.69) is 15.4 Å². The van der Waals surface area contributed by atoms with Crippen LogP contribution in [0.4, 0.5) is 0 Å². The van der Waals surface area contributed by atoms with Crippen molar-refractivity contribution in [2.24, 2.45) is 0 Å². The highest BCUT2D eigenvalue weighted by Gasteiger charge is 2.32. The van der Waals surface area contributed by atoms with Crippen molar-refractivity contribution in [3.05, 3.63) is 77.7 Å². The van der Waals surface area contributed by atoms with E-state index in [1.807, 2.05) is 49.4 Å². The van der Waals surface area contributed by atoms with E-state index in [1.165, 1.54) is 0 Å². The average molecular weight is 462 g/mol. The van der Waals surface area contributed by atoms with Crippen molar-refractivity contribution < 1.29 is 13.2 Å². The lowest BCUT2D eigenvalue weighted by molar-refractivity contribution is 0.0952. The summed E-state index contributed by atoms with van der Waals surface area (Å²) < 4.78 is 25.9. The second-order valence-corrected chi connectivity index (χ2v) is 10.5. The molecular formula is C24H23N5O3S. The van der Waals surface area contributed by atoms with Gasteiger partial charge in [-0.25, -0.2) is 18.1 Å². The molecule has 0 radical (unpaired) electrons. The van der Waals surface area contributed by atoms with E-state index < -0.39 is 9.84 Å². The molecule has 0 aliphatic carbocycles. The summed E-state index contributed by atoms with van der Waals surface area (Å²) in [5.74, 6) is -0.0715. The molecule has 168 valence electrons. The molecule has 1 aromatic carbocycles. The average Bonchev–Trinajstić information content (AvgIpc) is 3.36. The molecule has 1 N–H and O–H groups in total. The number of aryl methyl sites for hydroxylation is 1. The van der Waals surface area contributed by atoms with E-state index in [9.17, 15) is 13.2 Å². The molecule has 0 spiro atoms. The summed E-state index contributed by atoms with van der Waals surface area (Å²) in [6.07, 6.45) is 3.85. The van der Waals surface area contributed by atoms with Crippen LogP contribution < -0.4 is 5.32 Å². The third kappa shape index (κ3) is 4.23. The SMILES string of the molecule is Cc1nn([C@@H]2CCS(=O)(=O)C2)c2nc(-c3ccccc3)cc(C(=O)NCc3ccncc3)c12. The molecule has 1 aliphatic heterocycles. The van der Waals surface area contributed by atoms with Crippen LogP contribution in [0.25, 0.3) is 22.3 Å². The van der Waals surface area contributed by atoms with E-state index in [1.54, 1.807) is 23.1 Å². The Bertz CT molecular complexity index is 1430. The first-order valence-corrected chi connectivity index (χ1v) is 12.6. The van der Waals surface area contributed by atoms with Crippen LogP contribution in [0.1, 0.15) is 34.1 Å². The monoisotopic (exact) mass is 461 g/mol. The summed E-state index contributed by atoms with van der Waals surface area (Å²) in [4.78, 5) is 22.2. The number of nitrogens with one attached hydrogen (secondary N) is 1. The van der Waals surface area contributed by atoms with Gasteiger partial charge in [-0.15, -0.1) is 0 Å². The maximum absolute atomic E-state index is 13.3. The van der Waals surface area contributed by atoms with E-state index in [4.69, 9.17) is 4.98 Å². The minimum absolute atomic E-state index is 0.0318. The highest BCUT2D eigenvalue weighted by atomic mass is 32.2. The number of rotatable bonds is 5. The van der Waals surface area contributed by atoms with Gasteiger partial charge in [0.05, 0.1) is 39.9 Å². The Morgan fingerprint density at radius 3 is 2.61 bits per heavy atom. The van der Waals surface area contributed by atoms with Crippen LogP contribution in [-0.2, 0) is 16.4 Å². The van der Waals surface area contributed by atoms with E-state index in [-0.39, 0.29) is 23.5 Å². The van der Waals surface area contributed by atoms with Gasteiger partial charge in [-0.2, -0.15) is 5.10 Å². The zero-order valence-corrected chi connectivity index (χ0v) is 18.9. The minimum atomic E-state index is -3.10. The van der Waals surface area contributed by atoms with Crippen LogP contribution in [0.5, 0.6) is 0 Å². The van der Waals surface area contributed by atoms with E-state index in [0.717, 1.165) is 11.1 Å². The summed E-state index contributed by atoms with van der Waals surface area (Å²) in [6, 6.07) is 14.8. The lowest BCUT2D eigenvalue weighted by atomic mass is 10.0. The number of carbonyl (C=O) groups is 1. The van der Waals surface area contributed by atoms with Crippen LogP contribution in [-0.4, -0.2) is 45.6 Å². The first-order chi connectivity index (χ1) is 15.9. The number of hydrogen-bond acceptors (Lipinski definition) is 6. The second kappa shape index (κ2) is 8.40. The lowest BCUT2D eigenvalue weighted by Gasteiger charge is -2.12. The van der Waals surface area contributed by atoms with Gasteiger partial charge in [0, 0.05) is 24.5 Å². The maximum Gasteiger partial charge on any atom is 0.252 e. The standard InChI is InChI=1S/C24H23N5O3S/c1-16-22-20(24(30)26-14-17-7-10-25-11-8-17)13-21(18-5-3-2-4-6-18)27-23(22)29(28-16)19-9-12-33(31,32)15-19/h2-8,10-11,13,19H,9,12,14-15H2,1H3,(H,26,30)/t19-/m1/s1. The van der Waals surface area contributed by atoms with Crippen molar-refractivity contribution in [2.75, 3.05) is 11.5 Å². The maximum atomic E-state index is 13.3. The van der Waals surface area contributed by atoms with Crippen LogP contribution in [0.15, 0.2) is 60.9 Å². The topological polar surface area (TPSA) is 107 Å². The minimum Gasteiger partial charge on any atom is -0.348 e. The number of hydrogen-bond donors (Lipinski definition) is 1. The molecule has 3 aromatic heterocycles. The van der Waals surface area contributed by atoms with Gasteiger partial charge in [0.1, 0.15) is 0 Å². The number of fused-ring (bicyclic) bond motifs is 1. The number of sulfone groups is 1. The highest BCUT2D eigenvalue weighted by molar-refractivity contribution is 7.91. The number of amides is 1. The molecule has 33 heavy (non-hydrogen) atoms. The zero-order valence-electron chi connectivity index (χ0n) is 18.1. The van der Waals surface area contributed by atoms with Crippen molar-refractivity contribution in [3.8, 4) is 11.3 Å². The van der Waals surface area contributed by atoms with Gasteiger partial charge in [-0.3, -0.25) is 9.78 Å². The fourth-order valence-corrected chi connectivity index (χ4v) is 5.94. The van der Waals surface area contributed by atoms with Gasteiger partial charge in [0.25, 0.3) is 5.91 Å². The smallest absolute Gasteiger partial charge is 0.252 e. The van der Waals surface area contributed by atoms with Gasteiger partial charge in [-0.1, -0.05) is 30.3 Å². The Balaban J connectivity index is 1.61. The molecule has 4 heterocycles. The molecule has 1 atom stereocenters.